The third-order valence-corrected chi connectivity index (χ3v) is 7.03. The first-order valence-electron chi connectivity index (χ1n) is 9.25. The van der Waals surface area contributed by atoms with Gasteiger partial charge in [0.15, 0.2) is 5.78 Å². The first-order chi connectivity index (χ1) is 11.5. The molecule has 0 radical (unpaired) electrons. The van der Waals surface area contributed by atoms with Crippen molar-refractivity contribution in [3.05, 3.63) is 34.9 Å². The Hall–Kier alpha value is -1.64. The molecular weight excluding hydrogens is 300 g/mol. The lowest BCUT2D eigenvalue weighted by atomic mass is 9.55. The largest absolute Gasteiger partial charge is 0.469 e. The van der Waals surface area contributed by atoms with Crippen LogP contribution < -0.4 is 0 Å². The van der Waals surface area contributed by atoms with Crippen LogP contribution in [0.3, 0.4) is 0 Å². The summed E-state index contributed by atoms with van der Waals surface area (Å²) in [6.45, 7) is 2.44. The molecule has 24 heavy (non-hydrogen) atoms. The average Bonchev–Trinajstić information content (AvgIpc) is 2.97. The highest BCUT2D eigenvalue weighted by Crippen LogP contribution is 2.60. The summed E-state index contributed by atoms with van der Waals surface area (Å²) < 4.78 is 4.75. The molecule has 3 aliphatic carbocycles. The first-order valence-corrected chi connectivity index (χ1v) is 9.25. The van der Waals surface area contributed by atoms with Crippen LogP contribution in [0.5, 0.6) is 0 Å². The van der Waals surface area contributed by atoms with E-state index < -0.39 is 0 Å². The van der Waals surface area contributed by atoms with Gasteiger partial charge in [-0.1, -0.05) is 25.5 Å². The number of ether oxygens (including phenoxy) is 1. The second-order valence-corrected chi connectivity index (χ2v) is 8.26. The van der Waals surface area contributed by atoms with E-state index in [0.717, 1.165) is 11.1 Å². The molecule has 2 fully saturated rings. The van der Waals surface area contributed by atoms with Crippen LogP contribution in [0, 0.1) is 17.3 Å². The van der Waals surface area contributed by atoms with Crippen molar-refractivity contribution in [2.75, 3.05) is 7.11 Å². The molecule has 0 saturated heterocycles. The van der Waals surface area contributed by atoms with E-state index in [1.54, 1.807) is 0 Å². The van der Waals surface area contributed by atoms with Crippen LogP contribution in [0.2, 0.25) is 0 Å². The molecule has 3 nitrogen and oxygen atoms in total. The molecule has 0 bridgehead atoms. The molecular formula is C21H26O3. The van der Waals surface area contributed by atoms with Crippen molar-refractivity contribution < 1.29 is 14.3 Å². The van der Waals surface area contributed by atoms with Crippen molar-refractivity contribution in [3.63, 3.8) is 0 Å². The lowest BCUT2D eigenvalue weighted by Crippen LogP contribution is -2.41. The Bertz CT molecular complexity index is 692. The van der Waals surface area contributed by atoms with Gasteiger partial charge in [-0.3, -0.25) is 9.59 Å². The number of Topliss-reactive ketones (excluding diaryl/α,β-unsaturated/α-hetero) is 1. The fourth-order valence-electron chi connectivity index (χ4n) is 5.79. The van der Waals surface area contributed by atoms with Gasteiger partial charge in [-0.15, -0.1) is 0 Å². The van der Waals surface area contributed by atoms with Gasteiger partial charge in [-0.25, -0.2) is 0 Å². The topological polar surface area (TPSA) is 43.4 Å². The van der Waals surface area contributed by atoms with Gasteiger partial charge in [-0.2, -0.15) is 0 Å². The molecule has 3 aliphatic rings. The number of methoxy groups -OCH3 is 1. The van der Waals surface area contributed by atoms with Crippen LogP contribution in [0.15, 0.2) is 18.2 Å². The minimum Gasteiger partial charge on any atom is -0.469 e. The van der Waals surface area contributed by atoms with E-state index in [-0.39, 0.29) is 18.2 Å². The molecule has 0 unspecified atom stereocenters. The van der Waals surface area contributed by atoms with Gasteiger partial charge < -0.3 is 4.74 Å². The van der Waals surface area contributed by atoms with Gasteiger partial charge in [0.1, 0.15) is 0 Å². The van der Waals surface area contributed by atoms with Gasteiger partial charge >= 0.3 is 5.97 Å². The SMILES string of the molecule is COC(=O)Cc1ccc2c(c1)C(=O)C[C@@H]1[C@@H]2CC[C@]2(C)CCC[C@@H]12. The van der Waals surface area contributed by atoms with Crippen LogP contribution in [0.4, 0.5) is 0 Å². The lowest BCUT2D eigenvalue weighted by molar-refractivity contribution is -0.139. The molecule has 0 heterocycles. The normalized spacial score (nSPS) is 34.2. The second kappa shape index (κ2) is 5.72. The minimum absolute atomic E-state index is 0.242. The highest BCUT2D eigenvalue weighted by Gasteiger charge is 2.51. The highest BCUT2D eigenvalue weighted by molar-refractivity contribution is 5.99. The van der Waals surface area contributed by atoms with E-state index in [1.165, 1.54) is 44.8 Å². The summed E-state index contributed by atoms with van der Waals surface area (Å²) in [5.74, 6) is 1.78. The van der Waals surface area contributed by atoms with Crippen molar-refractivity contribution in [3.8, 4) is 0 Å². The van der Waals surface area contributed by atoms with E-state index in [9.17, 15) is 9.59 Å². The van der Waals surface area contributed by atoms with Gasteiger partial charge in [0.2, 0.25) is 0 Å². The number of fused-ring (bicyclic) bond motifs is 5. The smallest absolute Gasteiger partial charge is 0.309 e. The molecule has 1 aromatic rings. The van der Waals surface area contributed by atoms with Crippen LogP contribution in [0.25, 0.3) is 0 Å². The number of carbonyl (C=O) groups is 2. The Morgan fingerprint density at radius 2 is 2.12 bits per heavy atom. The van der Waals surface area contributed by atoms with E-state index in [0.29, 0.717) is 29.6 Å². The van der Waals surface area contributed by atoms with E-state index in [4.69, 9.17) is 4.74 Å². The standard InChI is InChI=1S/C21H26O3/c1-21-8-3-4-18(21)16-12-19(22)17-10-13(11-20(23)24-2)5-6-14(17)15(16)7-9-21/h5-6,10,15-16,18H,3-4,7-9,11-12H2,1-2H3/t15-,16-,18+,21+/m1/s1. The van der Waals surface area contributed by atoms with Crippen LogP contribution in [-0.2, 0) is 16.0 Å². The number of rotatable bonds is 2. The van der Waals surface area contributed by atoms with Gasteiger partial charge in [-0.05, 0) is 66.0 Å². The number of carbonyl (C=O) groups excluding carboxylic acids is 2. The Morgan fingerprint density at radius 1 is 1.29 bits per heavy atom. The zero-order valence-corrected chi connectivity index (χ0v) is 14.6. The van der Waals surface area contributed by atoms with Crippen LogP contribution in [-0.4, -0.2) is 18.9 Å². The zero-order valence-electron chi connectivity index (χ0n) is 14.6. The molecule has 0 aromatic heterocycles. The van der Waals surface area contributed by atoms with Crippen molar-refractivity contribution in [1.82, 2.24) is 0 Å². The molecule has 128 valence electrons. The summed E-state index contributed by atoms with van der Waals surface area (Å²) in [4.78, 5) is 24.3. The zero-order chi connectivity index (χ0) is 16.9. The Balaban J connectivity index is 1.67. The average molecular weight is 326 g/mol. The molecule has 0 N–H and O–H groups in total. The molecule has 3 heteroatoms. The van der Waals surface area contributed by atoms with Crippen molar-refractivity contribution >= 4 is 11.8 Å². The number of esters is 1. The number of benzene rings is 1. The first kappa shape index (κ1) is 15.9. The molecule has 0 aliphatic heterocycles. The quantitative estimate of drug-likeness (QED) is 0.762. The van der Waals surface area contributed by atoms with E-state index >= 15 is 0 Å². The van der Waals surface area contributed by atoms with Gasteiger partial charge in [0.05, 0.1) is 13.5 Å². The molecule has 2 saturated carbocycles. The van der Waals surface area contributed by atoms with Gasteiger partial charge in [0, 0.05) is 12.0 Å². The van der Waals surface area contributed by atoms with Crippen molar-refractivity contribution in [2.24, 2.45) is 17.3 Å². The molecule has 0 amide bonds. The van der Waals surface area contributed by atoms with Crippen molar-refractivity contribution in [2.45, 2.75) is 57.8 Å². The van der Waals surface area contributed by atoms with Crippen LogP contribution >= 0.6 is 0 Å². The Labute approximate surface area is 143 Å². The second-order valence-electron chi connectivity index (χ2n) is 8.26. The maximum Gasteiger partial charge on any atom is 0.309 e. The molecule has 4 rings (SSSR count). The van der Waals surface area contributed by atoms with E-state index in [2.05, 4.69) is 13.0 Å². The minimum atomic E-state index is -0.254. The number of hydrogen-bond donors (Lipinski definition) is 0. The summed E-state index contributed by atoms with van der Waals surface area (Å²) in [6, 6.07) is 6.06. The molecule has 1 aromatic carbocycles. The summed E-state index contributed by atoms with van der Waals surface area (Å²) in [7, 11) is 1.40. The lowest BCUT2D eigenvalue weighted by Gasteiger charge is -2.48. The van der Waals surface area contributed by atoms with E-state index in [1.807, 2.05) is 12.1 Å². The van der Waals surface area contributed by atoms with Crippen LogP contribution in [0.1, 0.15) is 72.9 Å². The third-order valence-electron chi connectivity index (χ3n) is 7.03. The summed E-state index contributed by atoms with van der Waals surface area (Å²) >= 11 is 0. The maximum absolute atomic E-state index is 12.8. The molecule has 4 atom stereocenters. The fourth-order valence-corrected chi connectivity index (χ4v) is 5.79. The summed E-state index contributed by atoms with van der Waals surface area (Å²) in [5.41, 5.74) is 3.44. The number of hydrogen-bond acceptors (Lipinski definition) is 3. The number of ketones is 1. The Morgan fingerprint density at radius 3 is 2.92 bits per heavy atom. The third kappa shape index (κ3) is 2.40. The summed E-state index contributed by atoms with van der Waals surface area (Å²) in [5, 5.41) is 0. The predicted molar refractivity (Wildman–Crippen MR) is 92.0 cm³/mol. The van der Waals surface area contributed by atoms with Gasteiger partial charge in [0.25, 0.3) is 0 Å². The Kier molecular flexibility index (Phi) is 3.78. The predicted octanol–water partition coefficient (Wildman–Crippen LogP) is 4.29. The maximum atomic E-state index is 12.8. The molecule has 0 spiro atoms. The van der Waals surface area contributed by atoms with Crippen molar-refractivity contribution in [1.29, 1.82) is 0 Å². The highest BCUT2D eigenvalue weighted by atomic mass is 16.5. The summed E-state index contributed by atoms with van der Waals surface area (Å²) in [6.07, 6.45) is 7.38. The fraction of sp³-hybridized carbons (Fsp3) is 0.619. The monoisotopic (exact) mass is 326 g/mol.